The fraction of sp³-hybridized carbons (Fsp3) is 0.200. The van der Waals surface area contributed by atoms with Crippen LogP contribution in [0.3, 0.4) is 0 Å². The first-order valence-corrected chi connectivity index (χ1v) is 10.8. The molecule has 0 atom stereocenters. The molecule has 2 aromatic carbocycles. The molecule has 1 aromatic heterocycles. The van der Waals surface area contributed by atoms with Crippen LogP contribution in [0.2, 0.25) is 0 Å². The molecule has 0 aliphatic carbocycles. The maximum absolute atomic E-state index is 12.2. The monoisotopic (exact) mass is 508 g/mol. The molecule has 4 nitrogen and oxygen atoms in total. The van der Waals surface area contributed by atoms with Gasteiger partial charge in [0.1, 0.15) is 5.75 Å². The number of thiazole rings is 1. The van der Waals surface area contributed by atoms with Gasteiger partial charge in [0.05, 0.1) is 5.69 Å². The molecule has 0 saturated heterocycles. The molecule has 0 bridgehead atoms. The van der Waals surface area contributed by atoms with E-state index < -0.39 is 0 Å². The second kappa shape index (κ2) is 8.99. The van der Waals surface area contributed by atoms with Crippen molar-refractivity contribution in [2.75, 3.05) is 11.9 Å². The number of halogens is 2. The van der Waals surface area contributed by atoms with E-state index in [1.54, 1.807) is 0 Å². The number of amides is 1. The first kappa shape index (κ1) is 20.0. The van der Waals surface area contributed by atoms with Crippen LogP contribution in [0.1, 0.15) is 17.4 Å². The van der Waals surface area contributed by atoms with Gasteiger partial charge in [-0.15, -0.1) is 11.3 Å². The van der Waals surface area contributed by atoms with E-state index in [2.05, 4.69) is 49.1 Å². The largest absolute Gasteiger partial charge is 0.484 e. The Morgan fingerprint density at radius 3 is 2.59 bits per heavy atom. The SMILES string of the molecule is CCc1sc(NC(=O)COc2ccc(Br)c(C)c2)nc1-c1ccc(Br)cc1. The Hall–Kier alpha value is -1.70. The quantitative estimate of drug-likeness (QED) is 0.429. The van der Waals surface area contributed by atoms with Crippen molar-refractivity contribution in [1.82, 2.24) is 4.98 Å². The van der Waals surface area contributed by atoms with E-state index in [0.29, 0.717) is 10.9 Å². The maximum Gasteiger partial charge on any atom is 0.264 e. The molecular formula is C20H18Br2N2O2S. The summed E-state index contributed by atoms with van der Waals surface area (Å²) >= 11 is 8.39. The average Bonchev–Trinajstić information content (AvgIpc) is 3.06. The van der Waals surface area contributed by atoms with Crippen LogP contribution in [0, 0.1) is 6.92 Å². The summed E-state index contributed by atoms with van der Waals surface area (Å²) in [6.45, 7) is 4.00. The highest BCUT2D eigenvalue weighted by Crippen LogP contribution is 2.32. The van der Waals surface area contributed by atoms with E-state index in [0.717, 1.165) is 37.1 Å². The molecule has 0 unspecified atom stereocenters. The van der Waals surface area contributed by atoms with Crippen LogP contribution in [0.4, 0.5) is 5.13 Å². The van der Waals surface area contributed by atoms with Gasteiger partial charge in [0.25, 0.3) is 5.91 Å². The second-order valence-electron chi connectivity index (χ2n) is 5.90. The van der Waals surface area contributed by atoms with Crippen LogP contribution in [0.15, 0.2) is 51.4 Å². The number of nitrogens with one attached hydrogen (secondary N) is 1. The Labute approximate surface area is 179 Å². The smallest absolute Gasteiger partial charge is 0.264 e. The molecule has 3 aromatic rings. The van der Waals surface area contributed by atoms with Gasteiger partial charge in [-0.3, -0.25) is 10.1 Å². The molecule has 0 fully saturated rings. The minimum atomic E-state index is -0.227. The van der Waals surface area contributed by atoms with Crippen molar-refractivity contribution < 1.29 is 9.53 Å². The molecule has 0 saturated carbocycles. The van der Waals surface area contributed by atoms with Gasteiger partial charge in [0.15, 0.2) is 11.7 Å². The van der Waals surface area contributed by atoms with Gasteiger partial charge in [-0.2, -0.15) is 0 Å². The number of benzene rings is 2. The molecular weight excluding hydrogens is 492 g/mol. The Balaban J connectivity index is 1.67. The van der Waals surface area contributed by atoms with Gasteiger partial charge in [0.2, 0.25) is 0 Å². The van der Waals surface area contributed by atoms with E-state index >= 15 is 0 Å². The van der Waals surface area contributed by atoms with Crippen LogP contribution < -0.4 is 10.1 Å². The Bertz CT molecular complexity index is 955. The number of nitrogens with zero attached hydrogens (tertiary/aromatic N) is 1. The molecule has 1 heterocycles. The lowest BCUT2D eigenvalue weighted by Crippen LogP contribution is -2.20. The highest BCUT2D eigenvalue weighted by atomic mass is 79.9. The summed E-state index contributed by atoms with van der Waals surface area (Å²) < 4.78 is 7.61. The number of carbonyl (C=O) groups excluding carboxylic acids is 1. The molecule has 1 N–H and O–H groups in total. The molecule has 0 radical (unpaired) electrons. The van der Waals surface area contributed by atoms with Crippen molar-refractivity contribution in [3.63, 3.8) is 0 Å². The number of aromatic nitrogens is 1. The van der Waals surface area contributed by atoms with Crippen molar-refractivity contribution in [1.29, 1.82) is 0 Å². The van der Waals surface area contributed by atoms with Crippen molar-refractivity contribution >= 4 is 54.2 Å². The van der Waals surface area contributed by atoms with Gasteiger partial charge in [-0.05, 0) is 49.2 Å². The van der Waals surface area contributed by atoms with Gasteiger partial charge in [-0.1, -0.05) is 50.9 Å². The summed E-state index contributed by atoms with van der Waals surface area (Å²) in [6.07, 6.45) is 0.855. The fourth-order valence-corrected chi connectivity index (χ4v) is 3.94. The summed E-state index contributed by atoms with van der Waals surface area (Å²) in [6, 6.07) is 13.6. The number of hydrogen-bond acceptors (Lipinski definition) is 4. The van der Waals surface area contributed by atoms with Crippen LogP contribution in [-0.4, -0.2) is 17.5 Å². The van der Waals surface area contributed by atoms with Crippen LogP contribution in [0.25, 0.3) is 11.3 Å². The molecule has 3 rings (SSSR count). The lowest BCUT2D eigenvalue weighted by Gasteiger charge is -2.07. The Morgan fingerprint density at radius 1 is 1.19 bits per heavy atom. The predicted octanol–water partition coefficient (Wildman–Crippen LogP) is 6.22. The topological polar surface area (TPSA) is 51.2 Å². The zero-order valence-corrected chi connectivity index (χ0v) is 18.9. The van der Waals surface area contributed by atoms with E-state index in [4.69, 9.17) is 4.74 Å². The lowest BCUT2D eigenvalue weighted by molar-refractivity contribution is -0.118. The number of aryl methyl sites for hydroxylation is 2. The lowest BCUT2D eigenvalue weighted by atomic mass is 10.1. The van der Waals surface area contributed by atoms with Crippen molar-refractivity contribution in [3.05, 3.63) is 61.9 Å². The summed E-state index contributed by atoms with van der Waals surface area (Å²) in [5.41, 5.74) is 3.00. The van der Waals surface area contributed by atoms with E-state index in [1.165, 1.54) is 11.3 Å². The minimum Gasteiger partial charge on any atom is -0.484 e. The van der Waals surface area contributed by atoms with Crippen molar-refractivity contribution in [2.24, 2.45) is 0 Å². The first-order chi connectivity index (χ1) is 13.0. The maximum atomic E-state index is 12.2. The van der Waals surface area contributed by atoms with Gasteiger partial charge in [0, 0.05) is 19.4 Å². The number of hydrogen-bond donors (Lipinski definition) is 1. The van der Waals surface area contributed by atoms with Crippen LogP contribution in [-0.2, 0) is 11.2 Å². The standard InChI is InChI=1S/C20H18Br2N2O2S/c1-3-17-19(13-4-6-14(21)7-5-13)24-20(27-17)23-18(25)11-26-15-8-9-16(22)12(2)10-15/h4-10H,3,11H2,1-2H3,(H,23,24,25). The normalized spacial score (nSPS) is 10.7. The average molecular weight is 510 g/mol. The third-order valence-corrected chi connectivity index (χ3v) is 6.42. The number of carbonyl (C=O) groups is 1. The molecule has 0 spiro atoms. The Morgan fingerprint density at radius 2 is 1.93 bits per heavy atom. The molecule has 7 heteroatoms. The fourth-order valence-electron chi connectivity index (χ4n) is 2.49. The van der Waals surface area contributed by atoms with E-state index in [-0.39, 0.29) is 12.5 Å². The third-order valence-electron chi connectivity index (χ3n) is 3.88. The van der Waals surface area contributed by atoms with Crippen LogP contribution in [0.5, 0.6) is 5.75 Å². The van der Waals surface area contributed by atoms with Gasteiger partial charge < -0.3 is 4.74 Å². The third kappa shape index (κ3) is 5.18. The summed E-state index contributed by atoms with van der Waals surface area (Å²) in [4.78, 5) is 18.0. The van der Waals surface area contributed by atoms with Crippen LogP contribution >= 0.6 is 43.2 Å². The van der Waals surface area contributed by atoms with Crippen molar-refractivity contribution in [3.8, 4) is 17.0 Å². The van der Waals surface area contributed by atoms with E-state index in [1.807, 2.05) is 49.4 Å². The highest BCUT2D eigenvalue weighted by Gasteiger charge is 2.14. The minimum absolute atomic E-state index is 0.0598. The first-order valence-electron chi connectivity index (χ1n) is 8.40. The van der Waals surface area contributed by atoms with Crippen molar-refractivity contribution in [2.45, 2.75) is 20.3 Å². The highest BCUT2D eigenvalue weighted by molar-refractivity contribution is 9.10. The molecule has 27 heavy (non-hydrogen) atoms. The van der Waals surface area contributed by atoms with Gasteiger partial charge in [-0.25, -0.2) is 4.98 Å². The summed E-state index contributed by atoms with van der Waals surface area (Å²) in [5.74, 6) is 0.434. The number of anilines is 1. The number of rotatable bonds is 6. The summed E-state index contributed by atoms with van der Waals surface area (Å²) in [5, 5.41) is 3.43. The second-order valence-corrected chi connectivity index (χ2v) is 8.75. The zero-order valence-electron chi connectivity index (χ0n) is 14.9. The summed E-state index contributed by atoms with van der Waals surface area (Å²) in [7, 11) is 0. The number of ether oxygens (including phenoxy) is 1. The molecule has 0 aliphatic rings. The molecule has 0 aliphatic heterocycles. The van der Waals surface area contributed by atoms with E-state index in [9.17, 15) is 4.79 Å². The zero-order chi connectivity index (χ0) is 19.4. The van der Waals surface area contributed by atoms with Gasteiger partial charge >= 0.3 is 0 Å². The predicted molar refractivity (Wildman–Crippen MR) is 118 cm³/mol. The Kier molecular flexibility index (Phi) is 6.68. The molecule has 1 amide bonds. The molecule has 140 valence electrons.